The Balaban J connectivity index is 2.06. The topological polar surface area (TPSA) is 74.6 Å². The highest BCUT2D eigenvalue weighted by atomic mass is 16.4. The van der Waals surface area contributed by atoms with Crippen LogP contribution < -0.4 is 0 Å². The zero-order valence-electron chi connectivity index (χ0n) is 15.9. The average Bonchev–Trinajstić information content (AvgIpc) is 2.65. The van der Waals surface area contributed by atoms with E-state index in [0.717, 1.165) is 22.3 Å². The monoisotopic (exact) mass is 374 g/mol. The summed E-state index contributed by atoms with van der Waals surface area (Å²) >= 11 is 0. The van der Waals surface area contributed by atoms with Crippen LogP contribution in [0.4, 0.5) is 0 Å². The highest BCUT2D eigenvalue weighted by Crippen LogP contribution is 2.24. The van der Waals surface area contributed by atoms with Gasteiger partial charge in [0, 0.05) is 0 Å². The maximum atomic E-state index is 11.8. The summed E-state index contributed by atoms with van der Waals surface area (Å²) in [6, 6.07) is 18.8. The molecule has 0 aliphatic carbocycles. The molecule has 0 saturated heterocycles. The van der Waals surface area contributed by atoms with Crippen molar-refractivity contribution in [3.63, 3.8) is 0 Å². The van der Waals surface area contributed by atoms with Crippen LogP contribution in [0.3, 0.4) is 0 Å². The molecule has 4 heteroatoms. The minimum atomic E-state index is -1.12. The van der Waals surface area contributed by atoms with Crippen molar-refractivity contribution in [2.75, 3.05) is 0 Å². The molecule has 0 heterocycles. The lowest BCUT2D eigenvalue weighted by molar-refractivity contribution is 0.0695. The third kappa shape index (κ3) is 4.46. The molecule has 3 aromatic rings. The smallest absolute Gasteiger partial charge is 0.336 e. The Kier molecular flexibility index (Phi) is 5.59. The van der Waals surface area contributed by atoms with Crippen LogP contribution in [0.15, 0.2) is 60.7 Å². The van der Waals surface area contributed by atoms with E-state index < -0.39 is 11.9 Å². The second-order valence-corrected chi connectivity index (χ2v) is 7.10. The molecule has 4 nitrogen and oxygen atoms in total. The number of carbonyl (C=O) groups is 2. The zero-order valence-corrected chi connectivity index (χ0v) is 15.9. The van der Waals surface area contributed by atoms with Gasteiger partial charge in [-0.1, -0.05) is 65.7 Å². The van der Waals surface area contributed by atoms with Crippen molar-refractivity contribution in [2.24, 2.45) is 0 Å². The molecule has 2 N–H and O–H groups in total. The number of rotatable bonds is 6. The van der Waals surface area contributed by atoms with Gasteiger partial charge in [0.1, 0.15) is 0 Å². The number of carboxylic acid groups (broad SMARTS) is 2. The van der Waals surface area contributed by atoms with E-state index in [1.54, 1.807) is 6.07 Å². The lowest BCUT2D eigenvalue weighted by Crippen LogP contribution is -2.11. The van der Waals surface area contributed by atoms with Gasteiger partial charge in [0.25, 0.3) is 0 Å². The van der Waals surface area contributed by atoms with Gasteiger partial charge in [-0.25, -0.2) is 9.59 Å². The van der Waals surface area contributed by atoms with Crippen LogP contribution in [0.25, 0.3) is 0 Å². The third-order valence-electron chi connectivity index (χ3n) is 4.82. The summed E-state index contributed by atoms with van der Waals surface area (Å²) in [6.45, 7) is 3.99. The van der Waals surface area contributed by atoms with Gasteiger partial charge in [0.2, 0.25) is 0 Å². The van der Waals surface area contributed by atoms with Crippen LogP contribution in [0.2, 0.25) is 0 Å². The van der Waals surface area contributed by atoms with Gasteiger partial charge in [-0.15, -0.1) is 0 Å². The van der Waals surface area contributed by atoms with Crippen molar-refractivity contribution in [1.29, 1.82) is 0 Å². The van der Waals surface area contributed by atoms with Crippen LogP contribution in [0.5, 0.6) is 0 Å². The molecule has 0 aliphatic rings. The van der Waals surface area contributed by atoms with Gasteiger partial charge >= 0.3 is 11.9 Å². The molecular formula is C24H22O4. The molecule has 0 bridgehead atoms. The predicted octanol–water partition coefficient (Wildman–Crippen LogP) is 4.88. The van der Waals surface area contributed by atoms with Crippen molar-refractivity contribution in [2.45, 2.75) is 26.7 Å². The molecule has 0 fully saturated rings. The molecule has 3 rings (SSSR count). The van der Waals surface area contributed by atoms with Gasteiger partial charge in [-0.2, -0.15) is 0 Å². The Morgan fingerprint density at radius 2 is 1.00 bits per heavy atom. The average molecular weight is 374 g/mol. The van der Waals surface area contributed by atoms with E-state index in [2.05, 4.69) is 0 Å². The normalized spacial score (nSPS) is 10.6. The van der Waals surface area contributed by atoms with Crippen LogP contribution >= 0.6 is 0 Å². The minimum absolute atomic E-state index is 0.0330. The molecular weight excluding hydrogens is 352 g/mol. The first-order valence-electron chi connectivity index (χ1n) is 9.07. The van der Waals surface area contributed by atoms with Crippen molar-refractivity contribution in [1.82, 2.24) is 0 Å². The van der Waals surface area contributed by atoms with Gasteiger partial charge < -0.3 is 10.2 Å². The molecule has 0 saturated carbocycles. The molecule has 0 atom stereocenters. The highest BCUT2D eigenvalue weighted by Gasteiger charge is 2.19. The van der Waals surface area contributed by atoms with Gasteiger partial charge in [-0.3, -0.25) is 0 Å². The number of benzene rings is 3. The predicted molar refractivity (Wildman–Crippen MR) is 108 cm³/mol. The summed E-state index contributed by atoms with van der Waals surface area (Å²) in [5.74, 6) is -2.24. The maximum absolute atomic E-state index is 11.8. The minimum Gasteiger partial charge on any atom is -0.478 e. The van der Waals surface area contributed by atoms with Gasteiger partial charge in [-0.05, 0) is 55.0 Å². The molecule has 3 aromatic carbocycles. The van der Waals surface area contributed by atoms with Crippen LogP contribution in [0.1, 0.15) is 54.1 Å². The van der Waals surface area contributed by atoms with E-state index in [0.29, 0.717) is 24.0 Å². The quantitative estimate of drug-likeness (QED) is 0.645. The number of carboxylic acids is 2. The summed E-state index contributed by atoms with van der Waals surface area (Å²) in [5, 5.41) is 19.2. The zero-order chi connectivity index (χ0) is 20.3. The van der Waals surface area contributed by atoms with Gasteiger partial charge in [0.15, 0.2) is 0 Å². The van der Waals surface area contributed by atoms with E-state index in [-0.39, 0.29) is 11.1 Å². The first-order valence-corrected chi connectivity index (χ1v) is 9.07. The number of aromatic carboxylic acids is 2. The molecule has 0 radical (unpaired) electrons. The summed E-state index contributed by atoms with van der Waals surface area (Å²) in [6.07, 6.45) is 0.866. The number of hydrogen-bond donors (Lipinski definition) is 2. The maximum Gasteiger partial charge on any atom is 0.336 e. The summed E-state index contributed by atoms with van der Waals surface area (Å²) in [5.41, 5.74) is 5.52. The first kappa shape index (κ1) is 19.4. The van der Waals surface area contributed by atoms with E-state index in [1.165, 1.54) is 6.07 Å². The van der Waals surface area contributed by atoms with Crippen molar-refractivity contribution in [3.05, 3.63) is 105 Å². The largest absolute Gasteiger partial charge is 0.478 e. The lowest BCUT2D eigenvalue weighted by Gasteiger charge is -2.13. The number of aryl methyl sites for hydroxylation is 2. The molecule has 0 spiro atoms. The van der Waals surface area contributed by atoms with E-state index in [4.69, 9.17) is 0 Å². The van der Waals surface area contributed by atoms with Gasteiger partial charge in [0.05, 0.1) is 11.1 Å². The third-order valence-corrected chi connectivity index (χ3v) is 4.82. The second-order valence-electron chi connectivity index (χ2n) is 7.10. The Morgan fingerprint density at radius 1 is 0.643 bits per heavy atom. The fourth-order valence-electron chi connectivity index (χ4n) is 3.24. The summed E-state index contributed by atoms with van der Waals surface area (Å²) in [4.78, 5) is 23.5. The van der Waals surface area contributed by atoms with E-state index >= 15 is 0 Å². The molecule has 0 aromatic heterocycles. The SMILES string of the molecule is Cc1ccc(Cc2cc(Cc3ccc(C)cc3)c(C(=O)O)cc2C(=O)O)cc1. The van der Waals surface area contributed by atoms with Crippen LogP contribution in [-0.2, 0) is 12.8 Å². The lowest BCUT2D eigenvalue weighted by atomic mass is 9.91. The number of hydrogen-bond acceptors (Lipinski definition) is 2. The van der Waals surface area contributed by atoms with Crippen molar-refractivity contribution >= 4 is 11.9 Å². The summed E-state index contributed by atoms with van der Waals surface area (Å²) < 4.78 is 0. The van der Waals surface area contributed by atoms with E-state index in [1.807, 2.05) is 62.4 Å². The van der Waals surface area contributed by atoms with Crippen molar-refractivity contribution in [3.8, 4) is 0 Å². The standard InChI is InChI=1S/C24H22O4/c1-15-3-7-17(8-4-15)11-19-13-20(12-18-9-5-16(2)6-10-18)22(24(27)28)14-21(19)23(25)26/h3-10,13-14H,11-12H2,1-2H3,(H,25,26)(H,27,28). The fourth-order valence-corrected chi connectivity index (χ4v) is 3.24. The van der Waals surface area contributed by atoms with Crippen LogP contribution in [0, 0.1) is 13.8 Å². The molecule has 142 valence electrons. The molecule has 0 aliphatic heterocycles. The first-order chi connectivity index (χ1) is 13.3. The Labute approximate surface area is 164 Å². The molecule has 28 heavy (non-hydrogen) atoms. The van der Waals surface area contributed by atoms with E-state index in [9.17, 15) is 19.8 Å². The Bertz CT molecular complexity index is 935. The summed E-state index contributed by atoms with van der Waals surface area (Å²) in [7, 11) is 0. The molecule has 0 unspecified atom stereocenters. The Morgan fingerprint density at radius 3 is 1.32 bits per heavy atom. The highest BCUT2D eigenvalue weighted by molar-refractivity contribution is 5.96. The second kappa shape index (κ2) is 8.09. The Hall–Kier alpha value is -3.40. The molecule has 0 amide bonds. The van der Waals surface area contributed by atoms with Crippen LogP contribution in [-0.4, -0.2) is 22.2 Å². The fraction of sp³-hybridized carbons (Fsp3) is 0.167. The van der Waals surface area contributed by atoms with Crippen molar-refractivity contribution < 1.29 is 19.8 Å².